The molecule has 148 valence electrons. The molecule has 1 atom stereocenters. The van der Waals surface area contributed by atoms with Crippen molar-refractivity contribution in [1.82, 2.24) is 14.3 Å². The lowest BCUT2D eigenvalue weighted by Gasteiger charge is -2.16. The maximum absolute atomic E-state index is 14.3. The van der Waals surface area contributed by atoms with Crippen molar-refractivity contribution in [3.05, 3.63) is 71.1 Å². The molecule has 29 heavy (non-hydrogen) atoms. The quantitative estimate of drug-likeness (QED) is 0.432. The number of benzene rings is 2. The standard InChI is InChI=1S/C22H19ClFN3OS/c1-13-9-16(29(28)27(2)3)12-25-22(13)14-7-8-19-15(10-14)11-20(26-19)21-17(23)5-4-6-18(21)24/h4-12,26H,1-3H3. The van der Waals surface area contributed by atoms with E-state index in [1.807, 2.05) is 37.3 Å². The number of rotatable bonds is 4. The predicted molar refractivity (Wildman–Crippen MR) is 117 cm³/mol. The van der Waals surface area contributed by atoms with Gasteiger partial charge in [-0.25, -0.2) is 4.39 Å². The van der Waals surface area contributed by atoms with Gasteiger partial charge in [-0.05, 0) is 42.8 Å². The fourth-order valence-electron chi connectivity index (χ4n) is 3.33. The fourth-order valence-corrected chi connectivity index (χ4v) is 4.43. The first kappa shape index (κ1) is 19.9. The van der Waals surface area contributed by atoms with Gasteiger partial charge in [0.25, 0.3) is 0 Å². The number of nitrogens with zero attached hydrogens (tertiary/aromatic N) is 2. The highest BCUT2D eigenvalue weighted by Crippen LogP contribution is 2.34. The first-order valence-corrected chi connectivity index (χ1v) is 10.5. The van der Waals surface area contributed by atoms with Gasteiger partial charge in [0.2, 0.25) is 0 Å². The van der Waals surface area contributed by atoms with Crippen LogP contribution in [0.2, 0.25) is 5.02 Å². The number of aromatic nitrogens is 2. The highest BCUT2D eigenvalue weighted by atomic mass is 35.5. The van der Waals surface area contributed by atoms with Crippen molar-refractivity contribution < 1.29 is 8.94 Å². The topological polar surface area (TPSA) is 55.0 Å². The molecule has 0 saturated heterocycles. The minimum absolute atomic E-state index is 0.358. The van der Waals surface area contributed by atoms with E-state index in [9.17, 15) is 8.94 Å². The van der Waals surface area contributed by atoms with E-state index in [1.54, 1.807) is 36.7 Å². The molecule has 0 aliphatic rings. The third kappa shape index (κ3) is 3.76. The third-order valence-electron chi connectivity index (χ3n) is 4.71. The Morgan fingerprint density at radius 1 is 1.14 bits per heavy atom. The summed E-state index contributed by atoms with van der Waals surface area (Å²) in [5.74, 6) is -0.369. The van der Waals surface area contributed by atoms with Crippen LogP contribution in [0.5, 0.6) is 0 Å². The highest BCUT2D eigenvalue weighted by Gasteiger charge is 2.18. The molecule has 4 aromatic rings. The van der Waals surface area contributed by atoms with Gasteiger partial charge in [-0.3, -0.25) is 4.98 Å². The second kappa shape index (κ2) is 7.80. The summed E-state index contributed by atoms with van der Waals surface area (Å²) in [4.78, 5) is 8.44. The number of halogens is 2. The average Bonchev–Trinajstić information content (AvgIpc) is 3.09. The van der Waals surface area contributed by atoms with Crippen LogP contribution in [-0.2, 0) is 11.4 Å². The van der Waals surface area contributed by atoms with E-state index in [0.717, 1.165) is 27.7 Å². The van der Waals surface area contributed by atoms with Gasteiger partial charge in [-0.15, -0.1) is 4.31 Å². The molecule has 0 saturated carbocycles. The lowest BCUT2D eigenvalue weighted by atomic mass is 10.0. The maximum Gasteiger partial charge on any atom is 0.192 e. The molecule has 2 heterocycles. The summed E-state index contributed by atoms with van der Waals surface area (Å²) in [5, 5.41) is 1.29. The second-order valence-electron chi connectivity index (χ2n) is 6.98. The molecule has 0 bridgehead atoms. The summed E-state index contributed by atoms with van der Waals surface area (Å²) >= 11 is 4.97. The van der Waals surface area contributed by atoms with Crippen molar-refractivity contribution >= 4 is 33.9 Å². The van der Waals surface area contributed by atoms with Crippen molar-refractivity contribution in [3.8, 4) is 22.5 Å². The van der Waals surface area contributed by atoms with E-state index in [-0.39, 0.29) is 5.82 Å². The lowest BCUT2D eigenvalue weighted by molar-refractivity contribution is 0.519. The Balaban J connectivity index is 1.75. The van der Waals surface area contributed by atoms with Crippen molar-refractivity contribution in [3.63, 3.8) is 0 Å². The van der Waals surface area contributed by atoms with E-state index in [1.165, 1.54) is 6.07 Å². The van der Waals surface area contributed by atoms with E-state index >= 15 is 0 Å². The SMILES string of the molecule is Cc1cc([S+]([O-])N(C)C)cnc1-c1ccc2[nH]c(-c3c(F)cccc3Cl)cc2c1. The first-order valence-electron chi connectivity index (χ1n) is 8.98. The molecule has 1 unspecified atom stereocenters. The second-order valence-corrected chi connectivity index (χ2v) is 9.09. The molecule has 0 aliphatic heterocycles. The number of hydrogen-bond donors (Lipinski definition) is 1. The minimum Gasteiger partial charge on any atom is -0.593 e. The molecule has 2 aromatic heterocycles. The van der Waals surface area contributed by atoms with Crippen molar-refractivity contribution in [2.45, 2.75) is 11.8 Å². The number of nitrogens with one attached hydrogen (secondary N) is 1. The van der Waals surface area contributed by atoms with E-state index in [0.29, 0.717) is 21.2 Å². The Hall–Kier alpha value is -2.38. The van der Waals surface area contributed by atoms with Crippen molar-refractivity contribution in [2.75, 3.05) is 14.1 Å². The summed E-state index contributed by atoms with van der Waals surface area (Å²) in [5.41, 5.74) is 4.55. The number of pyridine rings is 1. The molecule has 7 heteroatoms. The summed E-state index contributed by atoms with van der Waals surface area (Å²) in [6, 6.07) is 14.3. The normalized spacial score (nSPS) is 12.7. The molecule has 2 aromatic carbocycles. The Morgan fingerprint density at radius 3 is 2.62 bits per heavy atom. The molecule has 0 aliphatic carbocycles. The van der Waals surface area contributed by atoms with Gasteiger partial charge in [0.15, 0.2) is 4.90 Å². The van der Waals surface area contributed by atoms with Gasteiger partial charge < -0.3 is 9.54 Å². The van der Waals surface area contributed by atoms with Crippen LogP contribution in [0.25, 0.3) is 33.4 Å². The van der Waals surface area contributed by atoms with Gasteiger partial charge in [-0.2, -0.15) is 0 Å². The predicted octanol–water partition coefficient (Wildman–Crippen LogP) is 5.58. The monoisotopic (exact) mass is 427 g/mol. The average molecular weight is 428 g/mol. The van der Waals surface area contributed by atoms with Crippen LogP contribution in [0.4, 0.5) is 4.39 Å². The molecular formula is C22H19ClFN3OS. The summed E-state index contributed by atoms with van der Waals surface area (Å²) in [7, 11) is 3.53. The number of aromatic amines is 1. The van der Waals surface area contributed by atoms with Crippen LogP contribution in [0.3, 0.4) is 0 Å². The van der Waals surface area contributed by atoms with Crippen LogP contribution in [0, 0.1) is 12.7 Å². The summed E-state index contributed by atoms with van der Waals surface area (Å²) in [6.07, 6.45) is 1.64. The Labute approximate surface area is 176 Å². The molecule has 4 nitrogen and oxygen atoms in total. The molecule has 0 radical (unpaired) electrons. The molecule has 4 rings (SSSR count). The zero-order valence-electron chi connectivity index (χ0n) is 16.2. The van der Waals surface area contributed by atoms with Crippen molar-refractivity contribution in [1.29, 1.82) is 0 Å². The first-order chi connectivity index (χ1) is 13.8. The summed E-state index contributed by atoms with van der Waals surface area (Å²) in [6.45, 7) is 1.95. The van der Waals surface area contributed by atoms with E-state index < -0.39 is 11.4 Å². The number of fused-ring (bicyclic) bond motifs is 1. The molecule has 1 N–H and O–H groups in total. The van der Waals surface area contributed by atoms with Crippen LogP contribution in [0.15, 0.2) is 59.6 Å². The van der Waals surface area contributed by atoms with Gasteiger partial charge in [-0.1, -0.05) is 23.7 Å². The molecule has 0 fully saturated rings. The zero-order valence-corrected chi connectivity index (χ0v) is 17.7. The van der Waals surface area contributed by atoms with Crippen LogP contribution < -0.4 is 0 Å². The maximum atomic E-state index is 14.3. The van der Waals surface area contributed by atoms with Crippen LogP contribution in [-0.4, -0.2) is 32.9 Å². The lowest BCUT2D eigenvalue weighted by Crippen LogP contribution is -2.22. The molecule has 0 amide bonds. The smallest absolute Gasteiger partial charge is 0.192 e. The van der Waals surface area contributed by atoms with Crippen LogP contribution >= 0.6 is 11.6 Å². The van der Waals surface area contributed by atoms with Crippen LogP contribution in [0.1, 0.15) is 5.56 Å². The molecule has 0 spiro atoms. The van der Waals surface area contributed by atoms with Gasteiger partial charge in [0.1, 0.15) is 5.82 Å². The highest BCUT2D eigenvalue weighted by molar-refractivity contribution is 7.89. The number of H-pyrrole nitrogens is 1. The molecular weight excluding hydrogens is 409 g/mol. The number of aryl methyl sites for hydroxylation is 1. The van der Waals surface area contributed by atoms with E-state index in [4.69, 9.17) is 11.6 Å². The Morgan fingerprint density at radius 2 is 1.93 bits per heavy atom. The fraction of sp³-hybridized carbons (Fsp3) is 0.136. The van der Waals surface area contributed by atoms with Crippen molar-refractivity contribution in [2.24, 2.45) is 0 Å². The Kier molecular flexibility index (Phi) is 5.36. The van der Waals surface area contributed by atoms with Gasteiger partial charge in [0, 0.05) is 36.6 Å². The minimum atomic E-state index is -1.24. The van der Waals surface area contributed by atoms with E-state index in [2.05, 4.69) is 9.97 Å². The third-order valence-corrected chi connectivity index (χ3v) is 6.32. The van der Waals surface area contributed by atoms with Gasteiger partial charge >= 0.3 is 0 Å². The largest absolute Gasteiger partial charge is 0.593 e. The Bertz CT molecular complexity index is 1190. The number of hydrogen-bond acceptors (Lipinski definition) is 3. The zero-order chi connectivity index (χ0) is 20.7. The van der Waals surface area contributed by atoms with Gasteiger partial charge in [0.05, 0.1) is 39.5 Å². The summed E-state index contributed by atoms with van der Waals surface area (Å²) < 4.78 is 28.2.